The Labute approximate surface area is 181 Å². The van der Waals surface area contributed by atoms with Crippen molar-refractivity contribution < 1.29 is 9.47 Å². The highest BCUT2D eigenvalue weighted by Crippen LogP contribution is 2.23. The standard InChI is InChI=1S/C22H25N7O2/c1-16-5-3-6-18(13-16)15-25-28-19-14-20(29-9-11-30-12-10-29)27-22(26-19)31-17(2)21-23-7-4-8-24-21/h3-8,13-15,17H,9-12H2,1-2H3,(H,26,27,28). The molecule has 160 valence electrons. The molecule has 0 saturated carbocycles. The molecule has 0 radical (unpaired) electrons. The summed E-state index contributed by atoms with van der Waals surface area (Å²) in [5.41, 5.74) is 5.17. The molecule has 1 N–H and O–H groups in total. The van der Waals surface area contributed by atoms with Crippen LogP contribution in [0.1, 0.15) is 30.0 Å². The fraction of sp³-hybridized carbons (Fsp3) is 0.318. The summed E-state index contributed by atoms with van der Waals surface area (Å²) in [7, 11) is 0. The average Bonchev–Trinajstić information content (AvgIpc) is 2.80. The third-order valence-electron chi connectivity index (χ3n) is 4.69. The molecule has 0 amide bonds. The number of benzene rings is 1. The van der Waals surface area contributed by atoms with E-state index >= 15 is 0 Å². The van der Waals surface area contributed by atoms with Gasteiger partial charge in [0.25, 0.3) is 0 Å². The van der Waals surface area contributed by atoms with Crippen molar-refractivity contribution in [2.24, 2.45) is 5.10 Å². The summed E-state index contributed by atoms with van der Waals surface area (Å²) in [6.07, 6.45) is 4.72. The number of morpholine rings is 1. The highest BCUT2D eigenvalue weighted by Gasteiger charge is 2.18. The second-order valence-electron chi connectivity index (χ2n) is 7.14. The zero-order valence-corrected chi connectivity index (χ0v) is 17.6. The number of hydrogen-bond acceptors (Lipinski definition) is 9. The number of nitrogens with zero attached hydrogens (tertiary/aromatic N) is 6. The molecule has 31 heavy (non-hydrogen) atoms. The van der Waals surface area contributed by atoms with E-state index < -0.39 is 6.10 Å². The number of hydrogen-bond donors (Lipinski definition) is 1. The Kier molecular flexibility index (Phi) is 6.63. The third-order valence-corrected chi connectivity index (χ3v) is 4.69. The van der Waals surface area contributed by atoms with Gasteiger partial charge < -0.3 is 14.4 Å². The molecule has 0 bridgehead atoms. The minimum absolute atomic E-state index is 0.234. The van der Waals surface area contributed by atoms with Crippen LogP contribution in [0.15, 0.2) is 53.9 Å². The van der Waals surface area contributed by atoms with Crippen LogP contribution in [0.25, 0.3) is 0 Å². The first-order chi connectivity index (χ1) is 15.2. The van der Waals surface area contributed by atoms with Crippen LogP contribution in [0.3, 0.4) is 0 Å². The summed E-state index contributed by atoms with van der Waals surface area (Å²) < 4.78 is 11.4. The van der Waals surface area contributed by atoms with E-state index in [2.05, 4.69) is 41.4 Å². The highest BCUT2D eigenvalue weighted by atomic mass is 16.5. The van der Waals surface area contributed by atoms with Crippen molar-refractivity contribution in [2.45, 2.75) is 20.0 Å². The molecule has 1 aliphatic rings. The highest BCUT2D eigenvalue weighted by molar-refractivity contribution is 5.80. The molecule has 4 rings (SSSR count). The van der Waals surface area contributed by atoms with Gasteiger partial charge in [-0.15, -0.1) is 0 Å². The summed E-state index contributed by atoms with van der Waals surface area (Å²) in [5, 5.41) is 4.33. The quantitative estimate of drug-likeness (QED) is 0.461. The number of rotatable bonds is 7. The van der Waals surface area contributed by atoms with Crippen molar-refractivity contribution in [3.63, 3.8) is 0 Å². The zero-order valence-electron chi connectivity index (χ0n) is 17.6. The first kappa shape index (κ1) is 20.7. The molecule has 2 aromatic heterocycles. The average molecular weight is 419 g/mol. The maximum atomic E-state index is 5.96. The van der Waals surface area contributed by atoms with Crippen LogP contribution in [0.4, 0.5) is 11.6 Å². The van der Waals surface area contributed by atoms with Crippen molar-refractivity contribution >= 4 is 17.9 Å². The van der Waals surface area contributed by atoms with Gasteiger partial charge in [0.2, 0.25) is 0 Å². The summed E-state index contributed by atoms with van der Waals surface area (Å²) in [5.74, 6) is 1.86. The molecule has 3 heterocycles. The van der Waals surface area contributed by atoms with Crippen LogP contribution in [0, 0.1) is 6.92 Å². The Bertz CT molecular complexity index is 1020. The predicted molar refractivity (Wildman–Crippen MR) is 119 cm³/mol. The lowest BCUT2D eigenvalue weighted by Crippen LogP contribution is -2.36. The van der Waals surface area contributed by atoms with E-state index in [0.717, 1.165) is 24.5 Å². The first-order valence-corrected chi connectivity index (χ1v) is 10.2. The molecule has 1 aromatic carbocycles. The van der Waals surface area contributed by atoms with Gasteiger partial charge in [-0.1, -0.05) is 29.8 Å². The number of aromatic nitrogens is 4. The third kappa shape index (κ3) is 5.73. The monoisotopic (exact) mass is 419 g/mol. The lowest BCUT2D eigenvalue weighted by molar-refractivity contribution is 0.122. The van der Waals surface area contributed by atoms with Crippen molar-refractivity contribution in [2.75, 3.05) is 36.6 Å². The molecule has 9 heteroatoms. The Hall–Kier alpha value is -3.59. The minimum atomic E-state index is -0.398. The van der Waals surface area contributed by atoms with Crippen LogP contribution in [0.2, 0.25) is 0 Å². The van der Waals surface area contributed by atoms with Gasteiger partial charge in [-0.25, -0.2) is 9.97 Å². The lowest BCUT2D eigenvalue weighted by Gasteiger charge is -2.28. The van der Waals surface area contributed by atoms with Crippen LogP contribution < -0.4 is 15.1 Å². The van der Waals surface area contributed by atoms with E-state index in [4.69, 9.17) is 9.47 Å². The predicted octanol–water partition coefficient (Wildman–Crippen LogP) is 3.00. The van der Waals surface area contributed by atoms with E-state index in [9.17, 15) is 0 Å². The van der Waals surface area contributed by atoms with Crippen LogP contribution in [-0.2, 0) is 4.74 Å². The SMILES string of the molecule is Cc1cccc(C=NNc2cc(N3CCOCC3)nc(OC(C)c3ncccn3)n2)c1. The molecule has 1 saturated heterocycles. The second-order valence-corrected chi connectivity index (χ2v) is 7.14. The molecule has 1 unspecified atom stereocenters. The Morgan fingerprint density at radius 3 is 2.71 bits per heavy atom. The first-order valence-electron chi connectivity index (χ1n) is 10.2. The maximum absolute atomic E-state index is 5.96. The molecular weight excluding hydrogens is 394 g/mol. The number of ether oxygens (including phenoxy) is 2. The van der Waals surface area contributed by atoms with E-state index in [1.807, 2.05) is 38.1 Å². The largest absolute Gasteiger partial charge is 0.452 e. The molecular formula is C22H25N7O2. The fourth-order valence-corrected chi connectivity index (χ4v) is 3.13. The zero-order chi connectivity index (χ0) is 21.5. The van der Waals surface area contributed by atoms with Crippen molar-refractivity contribution in [3.05, 3.63) is 65.7 Å². The van der Waals surface area contributed by atoms with Crippen molar-refractivity contribution in [3.8, 4) is 6.01 Å². The lowest BCUT2D eigenvalue weighted by atomic mass is 10.2. The summed E-state index contributed by atoms with van der Waals surface area (Å²) >= 11 is 0. The second kappa shape index (κ2) is 9.94. The minimum Gasteiger partial charge on any atom is -0.452 e. The molecule has 1 atom stereocenters. The Morgan fingerprint density at radius 2 is 1.94 bits per heavy atom. The van der Waals surface area contributed by atoms with Crippen molar-refractivity contribution in [1.82, 2.24) is 19.9 Å². The van der Waals surface area contributed by atoms with Gasteiger partial charge in [0.05, 0.1) is 19.4 Å². The van der Waals surface area contributed by atoms with E-state index in [1.165, 1.54) is 5.56 Å². The number of anilines is 2. The smallest absolute Gasteiger partial charge is 0.321 e. The van der Waals surface area contributed by atoms with Gasteiger partial charge in [0.1, 0.15) is 5.82 Å². The number of hydrazone groups is 1. The van der Waals surface area contributed by atoms with Crippen LogP contribution in [-0.4, -0.2) is 52.5 Å². The van der Waals surface area contributed by atoms with Gasteiger partial charge in [-0.2, -0.15) is 15.1 Å². The molecule has 9 nitrogen and oxygen atoms in total. The molecule has 1 aliphatic heterocycles. The van der Waals surface area contributed by atoms with Crippen molar-refractivity contribution in [1.29, 1.82) is 0 Å². The van der Waals surface area contributed by atoms with E-state index in [0.29, 0.717) is 24.9 Å². The normalized spacial score (nSPS) is 15.1. The molecule has 0 spiro atoms. The Morgan fingerprint density at radius 1 is 1.13 bits per heavy atom. The fourth-order valence-electron chi connectivity index (χ4n) is 3.13. The summed E-state index contributed by atoms with van der Waals surface area (Å²) in [4.78, 5) is 19.7. The van der Waals surface area contributed by atoms with Crippen LogP contribution >= 0.6 is 0 Å². The van der Waals surface area contributed by atoms with E-state index in [1.54, 1.807) is 24.7 Å². The molecule has 3 aromatic rings. The van der Waals surface area contributed by atoms with Crippen LogP contribution in [0.5, 0.6) is 6.01 Å². The van der Waals surface area contributed by atoms with Gasteiger partial charge in [0, 0.05) is 31.5 Å². The van der Waals surface area contributed by atoms with Gasteiger partial charge in [-0.3, -0.25) is 5.43 Å². The van der Waals surface area contributed by atoms with Gasteiger partial charge >= 0.3 is 6.01 Å². The summed E-state index contributed by atoms with van der Waals surface area (Å²) in [6.45, 7) is 6.72. The van der Waals surface area contributed by atoms with E-state index in [-0.39, 0.29) is 6.01 Å². The topological polar surface area (TPSA) is 97.7 Å². The molecule has 1 fully saturated rings. The maximum Gasteiger partial charge on any atom is 0.321 e. The Balaban J connectivity index is 1.55. The molecule has 0 aliphatic carbocycles. The van der Waals surface area contributed by atoms with Gasteiger partial charge in [-0.05, 0) is 25.5 Å². The summed E-state index contributed by atoms with van der Waals surface area (Å²) in [6, 6.07) is 11.9. The number of nitrogens with one attached hydrogen (secondary N) is 1. The number of aryl methyl sites for hydroxylation is 1. The van der Waals surface area contributed by atoms with Gasteiger partial charge in [0.15, 0.2) is 17.7 Å².